The van der Waals surface area contributed by atoms with Crippen LogP contribution in [0.5, 0.6) is 0 Å². The Bertz CT molecular complexity index is 1740. The fourth-order valence-corrected chi connectivity index (χ4v) is 6.38. The van der Waals surface area contributed by atoms with E-state index in [2.05, 4.69) is 122 Å². The summed E-state index contributed by atoms with van der Waals surface area (Å²) in [6, 6.07) is 40.1. The second-order valence-electron chi connectivity index (χ2n) is 10.6. The zero-order valence-electron chi connectivity index (χ0n) is 22.7. The summed E-state index contributed by atoms with van der Waals surface area (Å²) in [5.41, 5.74) is 7.92. The highest BCUT2D eigenvalue weighted by Crippen LogP contribution is 2.42. The molecule has 2 aromatic heterocycles. The van der Waals surface area contributed by atoms with Crippen molar-refractivity contribution in [2.45, 2.75) is 32.5 Å². The monoisotopic (exact) mass is 522 g/mol. The van der Waals surface area contributed by atoms with Crippen LogP contribution in [0.2, 0.25) is 0 Å². The second-order valence-corrected chi connectivity index (χ2v) is 10.6. The summed E-state index contributed by atoms with van der Waals surface area (Å²) in [5, 5.41) is 1.14. The van der Waals surface area contributed by atoms with Gasteiger partial charge in [-0.3, -0.25) is 4.57 Å². The predicted octanol–water partition coefficient (Wildman–Crippen LogP) is 7.28. The minimum atomic E-state index is -0.632. The second kappa shape index (κ2) is 9.38. The van der Waals surface area contributed by atoms with Gasteiger partial charge in [0.15, 0.2) is 0 Å². The van der Waals surface area contributed by atoms with Gasteiger partial charge in [-0.05, 0) is 48.2 Å². The Balaban J connectivity index is 1.34. The van der Waals surface area contributed by atoms with Gasteiger partial charge in [0, 0.05) is 16.8 Å². The maximum atomic E-state index is 13.6. The van der Waals surface area contributed by atoms with Crippen LogP contribution < -0.4 is 0 Å². The van der Waals surface area contributed by atoms with Crippen molar-refractivity contribution < 1.29 is 4.79 Å². The lowest BCUT2D eigenvalue weighted by molar-refractivity contribution is 0.207. The number of hydrogen-bond acceptors (Lipinski definition) is 2. The van der Waals surface area contributed by atoms with Crippen LogP contribution in [0.1, 0.15) is 39.3 Å². The molecule has 0 N–H and O–H groups in total. The molecule has 196 valence electrons. The third-order valence-electron chi connectivity index (χ3n) is 8.34. The number of hydrogen-bond donors (Lipinski definition) is 0. The minimum Gasteiger partial charge on any atom is -0.316 e. The Hall–Kier alpha value is -4.90. The first-order valence-corrected chi connectivity index (χ1v) is 13.7. The van der Waals surface area contributed by atoms with Crippen LogP contribution in [0.15, 0.2) is 122 Å². The van der Waals surface area contributed by atoms with Crippen LogP contribution >= 0.6 is 0 Å². The average Bonchev–Trinajstić information content (AvgIpc) is 3.65. The van der Waals surface area contributed by atoms with Crippen molar-refractivity contribution in [3.05, 3.63) is 161 Å². The van der Waals surface area contributed by atoms with Crippen LogP contribution in [0.4, 0.5) is 4.79 Å². The first-order valence-electron chi connectivity index (χ1n) is 13.7. The molecule has 1 aliphatic rings. The molecule has 0 saturated carbocycles. The summed E-state index contributed by atoms with van der Waals surface area (Å²) in [7, 11) is 0. The molecule has 0 atom stereocenters. The van der Waals surface area contributed by atoms with Crippen LogP contribution in [-0.4, -0.2) is 25.0 Å². The van der Waals surface area contributed by atoms with Crippen LogP contribution in [0.3, 0.4) is 0 Å². The number of fused-ring (bicyclic) bond motifs is 3. The normalized spacial score (nSPS) is 13.2. The van der Waals surface area contributed by atoms with Gasteiger partial charge < -0.3 is 9.47 Å². The van der Waals surface area contributed by atoms with Crippen LogP contribution in [-0.2, 0) is 18.6 Å². The van der Waals surface area contributed by atoms with Gasteiger partial charge in [-0.2, -0.15) is 0 Å². The van der Waals surface area contributed by atoms with Crippen molar-refractivity contribution in [3.8, 4) is 0 Å². The summed E-state index contributed by atoms with van der Waals surface area (Å²) >= 11 is 0. The molecule has 1 amide bonds. The molecule has 3 heterocycles. The lowest BCUT2D eigenvalue weighted by atomic mass is 9.76. The van der Waals surface area contributed by atoms with Crippen molar-refractivity contribution in [3.63, 3.8) is 0 Å². The molecule has 0 fully saturated rings. The molecule has 0 radical (unpaired) electrons. The Labute approximate surface area is 234 Å². The molecule has 5 nitrogen and oxygen atoms in total. The predicted molar refractivity (Wildman–Crippen MR) is 158 cm³/mol. The van der Waals surface area contributed by atoms with Gasteiger partial charge in [0.2, 0.25) is 0 Å². The maximum Gasteiger partial charge on any atom is 0.329 e. The van der Waals surface area contributed by atoms with Crippen LogP contribution in [0.25, 0.3) is 10.9 Å². The molecule has 0 bridgehead atoms. The number of amides is 1. The third kappa shape index (κ3) is 3.54. The Morgan fingerprint density at radius 1 is 0.750 bits per heavy atom. The molecule has 7 rings (SSSR count). The molecule has 6 aromatic rings. The molecule has 0 spiro atoms. The highest BCUT2D eigenvalue weighted by atomic mass is 16.2. The summed E-state index contributed by atoms with van der Waals surface area (Å²) < 4.78 is 4.14. The van der Waals surface area contributed by atoms with Crippen molar-refractivity contribution >= 4 is 16.9 Å². The molecule has 4 aromatic carbocycles. The first-order chi connectivity index (χ1) is 19.6. The number of aromatic nitrogens is 3. The lowest BCUT2D eigenvalue weighted by Crippen LogP contribution is -2.38. The van der Waals surface area contributed by atoms with E-state index in [0.29, 0.717) is 13.1 Å². The Kier molecular flexibility index (Phi) is 5.67. The van der Waals surface area contributed by atoms with Crippen molar-refractivity contribution in [2.24, 2.45) is 0 Å². The Morgan fingerprint density at radius 2 is 1.32 bits per heavy atom. The molecule has 0 saturated heterocycles. The molecule has 5 heteroatoms. The molecule has 40 heavy (non-hydrogen) atoms. The Morgan fingerprint density at radius 3 is 1.90 bits per heavy atom. The quantitative estimate of drug-likeness (QED) is 0.216. The van der Waals surface area contributed by atoms with E-state index < -0.39 is 5.54 Å². The highest BCUT2D eigenvalue weighted by molar-refractivity contribution is 5.96. The number of aryl methyl sites for hydroxylation is 1. The van der Waals surface area contributed by atoms with Crippen LogP contribution in [0, 0.1) is 13.8 Å². The van der Waals surface area contributed by atoms with Gasteiger partial charge in [-0.25, -0.2) is 9.78 Å². The number of imidazole rings is 1. The molecule has 0 unspecified atom stereocenters. The fraction of sp³-hybridized carbons (Fsp3) is 0.143. The van der Waals surface area contributed by atoms with Gasteiger partial charge >= 0.3 is 6.03 Å². The summed E-state index contributed by atoms with van der Waals surface area (Å²) in [6.07, 6.45) is 1.94. The standard InChI is InChI=1S/C35H30N4O/c1-25-13-12-20-33-31(25)21-30-22-37(34(40)39(30)33)23-32-26(2)38(24-36-32)35(27-14-6-3-7-15-27,28-16-8-4-9-17-28)29-18-10-5-11-19-29/h3-21,24H,22-23H2,1-2H3. The topological polar surface area (TPSA) is 43.1 Å². The smallest absolute Gasteiger partial charge is 0.316 e. The number of rotatable bonds is 6. The number of nitrogens with zero attached hydrogens (tertiary/aromatic N) is 4. The molecular formula is C35H30N4O. The van der Waals surface area contributed by atoms with Crippen molar-refractivity contribution in [1.29, 1.82) is 0 Å². The third-order valence-corrected chi connectivity index (χ3v) is 8.34. The van der Waals surface area contributed by atoms with E-state index in [1.807, 2.05) is 27.9 Å². The van der Waals surface area contributed by atoms with Gasteiger partial charge in [0.05, 0.1) is 30.6 Å². The van der Waals surface area contributed by atoms with Gasteiger partial charge in [-0.1, -0.05) is 103 Å². The van der Waals surface area contributed by atoms with Crippen molar-refractivity contribution in [2.75, 3.05) is 0 Å². The van der Waals surface area contributed by atoms with E-state index in [-0.39, 0.29) is 6.03 Å². The molecule has 0 aliphatic carbocycles. The number of carbonyl (C=O) groups is 1. The lowest BCUT2D eigenvalue weighted by Gasteiger charge is -2.38. The largest absolute Gasteiger partial charge is 0.329 e. The average molecular weight is 523 g/mol. The van der Waals surface area contributed by atoms with E-state index >= 15 is 0 Å². The van der Waals surface area contributed by atoms with E-state index in [1.165, 1.54) is 5.56 Å². The van der Waals surface area contributed by atoms with Gasteiger partial charge in [-0.15, -0.1) is 0 Å². The number of carbonyl (C=O) groups excluding carboxylic acids is 1. The van der Waals surface area contributed by atoms with Gasteiger partial charge in [0.1, 0.15) is 5.54 Å². The number of benzene rings is 4. The fourth-order valence-electron chi connectivity index (χ4n) is 6.38. The zero-order chi connectivity index (χ0) is 27.3. The SMILES string of the molecule is Cc1cccc2c1cc1n2C(=O)N(Cc2ncn(C(c3ccccc3)(c3ccccc3)c3ccccc3)c2C)C1. The summed E-state index contributed by atoms with van der Waals surface area (Å²) in [4.78, 5) is 20.5. The first kappa shape index (κ1) is 24.2. The van der Waals surface area contributed by atoms with E-state index in [1.54, 1.807) is 0 Å². The van der Waals surface area contributed by atoms with E-state index in [4.69, 9.17) is 4.98 Å². The summed E-state index contributed by atoms with van der Waals surface area (Å²) in [6.45, 7) is 5.22. The van der Waals surface area contributed by atoms with Crippen molar-refractivity contribution in [1.82, 2.24) is 19.0 Å². The maximum absolute atomic E-state index is 13.6. The molecule has 1 aliphatic heterocycles. The van der Waals surface area contributed by atoms with Gasteiger partial charge in [0.25, 0.3) is 0 Å². The summed E-state index contributed by atoms with van der Waals surface area (Å²) in [5.74, 6) is 0. The minimum absolute atomic E-state index is 0.00462. The zero-order valence-corrected chi connectivity index (χ0v) is 22.7. The highest BCUT2D eigenvalue weighted by Gasteiger charge is 2.40. The van der Waals surface area contributed by atoms with E-state index in [9.17, 15) is 4.79 Å². The molecular weight excluding hydrogens is 492 g/mol. The van der Waals surface area contributed by atoms with E-state index in [0.717, 1.165) is 44.7 Å².